The zero-order valence-electron chi connectivity index (χ0n) is 7.72. The first kappa shape index (κ1) is 11.3. The maximum Gasteiger partial charge on any atom is 0.138 e. The number of carbonyl (C=O) groups is 1. The Labute approximate surface area is 92.8 Å². The maximum atomic E-state index is 10.2. The maximum absolute atomic E-state index is 10.2. The van der Waals surface area contributed by atoms with Gasteiger partial charge in [0.15, 0.2) is 0 Å². The molecule has 0 amide bonds. The molecule has 0 aromatic heterocycles. The van der Waals surface area contributed by atoms with Crippen molar-refractivity contribution in [2.24, 2.45) is 0 Å². The van der Waals surface area contributed by atoms with Gasteiger partial charge in [0.1, 0.15) is 12.0 Å². The van der Waals surface area contributed by atoms with Crippen LogP contribution in [0.4, 0.5) is 0 Å². The molecule has 4 heteroatoms. The van der Waals surface area contributed by atoms with Gasteiger partial charge in [-0.1, -0.05) is 23.2 Å². The van der Waals surface area contributed by atoms with Crippen molar-refractivity contribution < 1.29 is 9.53 Å². The molecule has 0 spiro atoms. The van der Waals surface area contributed by atoms with Crippen LogP contribution in [0.3, 0.4) is 0 Å². The number of aryl methyl sites for hydroxylation is 1. The predicted octanol–water partition coefficient (Wildman–Crippen LogP) is 3.13. The molecule has 14 heavy (non-hydrogen) atoms. The van der Waals surface area contributed by atoms with Crippen molar-refractivity contribution >= 4 is 29.5 Å². The average Bonchev–Trinajstić information content (AvgIpc) is 2.18. The van der Waals surface area contributed by atoms with Crippen LogP contribution < -0.4 is 4.74 Å². The first-order valence-electron chi connectivity index (χ1n) is 4.14. The van der Waals surface area contributed by atoms with Crippen LogP contribution in [-0.4, -0.2) is 13.4 Å². The summed E-state index contributed by atoms with van der Waals surface area (Å²) in [5, 5.41) is 1.09. The lowest BCUT2D eigenvalue weighted by molar-refractivity contribution is -0.107. The molecule has 0 fully saturated rings. The fraction of sp³-hybridized carbons (Fsp3) is 0.300. The highest BCUT2D eigenvalue weighted by atomic mass is 35.5. The molecular weight excluding hydrogens is 223 g/mol. The van der Waals surface area contributed by atoms with Crippen molar-refractivity contribution in [3.63, 3.8) is 0 Å². The standard InChI is InChI=1S/C10H10Cl2O2/c1-14-10-6-8(11)7(3-2-4-13)5-9(10)12/h4-6H,2-3H2,1H3. The molecule has 0 unspecified atom stereocenters. The number of hydrogen-bond acceptors (Lipinski definition) is 2. The van der Waals surface area contributed by atoms with E-state index in [-0.39, 0.29) is 0 Å². The number of carbonyl (C=O) groups excluding carboxylic acids is 1. The molecule has 0 saturated carbocycles. The van der Waals surface area contributed by atoms with Gasteiger partial charge in [-0.2, -0.15) is 0 Å². The highest BCUT2D eigenvalue weighted by Gasteiger charge is 2.06. The Morgan fingerprint density at radius 2 is 2.07 bits per heavy atom. The second-order valence-electron chi connectivity index (χ2n) is 2.78. The highest BCUT2D eigenvalue weighted by molar-refractivity contribution is 6.34. The number of methoxy groups -OCH3 is 1. The van der Waals surface area contributed by atoms with E-state index in [0.29, 0.717) is 28.6 Å². The van der Waals surface area contributed by atoms with Crippen LogP contribution in [0.25, 0.3) is 0 Å². The number of aldehydes is 1. The summed E-state index contributed by atoms with van der Waals surface area (Å²) in [5.74, 6) is 0.548. The monoisotopic (exact) mass is 232 g/mol. The summed E-state index contributed by atoms with van der Waals surface area (Å²) in [6.45, 7) is 0. The summed E-state index contributed by atoms with van der Waals surface area (Å²) in [6, 6.07) is 3.39. The van der Waals surface area contributed by atoms with Gasteiger partial charge in [0.2, 0.25) is 0 Å². The number of ether oxygens (including phenoxy) is 1. The zero-order chi connectivity index (χ0) is 10.6. The summed E-state index contributed by atoms with van der Waals surface area (Å²) in [7, 11) is 1.53. The Balaban J connectivity index is 2.96. The topological polar surface area (TPSA) is 26.3 Å². The quantitative estimate of drug-likeness (QED) is 0.746. The molecule has 1 aromatic carbocycles. The Hall–Kier alpha value is -0.730. The Bertz CT molecular complexity index is 337. The lowest BCUT2D eigenvalue weighted by Gasteiger charge is -2.07. The minimum Gasteiger partial charge on any atom is -0.495 e. The summed E-state index contributed by atoms with van der Waals surface area (Å²) < 4.78 is 5.00. The molecule has 0 saturated heterocycles. The van der Waals surface area contributed by atoms with Gasteiger partial charge in [-0.25, -0.2) is 0 Å². The van der Waals surface area contributed by atoms with Crippen molar-refractivity contribution in [3.05, 3.63) is 27.7 Å². The van der Waals surface area contributed by atoms with Gasteiger partial charge in [-0.3, -0.25) is 0 Å². The second-order valence-corrected chi connectivity index (χ2v) is 3.60. The van der Waals surface area contributed by atoms with Crippen LogP contribution in [0.5, 0.6) is 5.75 Å². The third-order valence-corrected chi connectivity index (χ3v) is 2.50. The minimum atomic E-state index is 0.447. The van der Waals surface area contributed by atoms with E-state index in [9.17, 15) is 4.79 Å². The van der Waals surface area contributed by atoms with Crippen LogP contribution in [0.1, 0.15) is 12.0 Å². The molecule has 0 aliphatic heterocycles. The zero-order valence-corrected chi connectivity index (χ0v) is 9.23. The van der Waals surface area contributed by atoms with E-state index < -0.39 is 0 Å². The van der Waals surface area contributed by atoms with Gasteiger partial charge in [-0.05, 0) is 18.1 Å². The van der Waals surface area contributed by atoms with E-state index in [0.717, 1.165) is 11.8 Å². The third kappa shape index (κ3) is 2.63. The first-order valence-corrected chi connectivity index (χ1v) is 4.90. The van der Waals surface area contributed by atoms with Crippen molar-refractivity contribution in [2.45, 2.75) is 12.8 Å². The number of halogens is 2. The van der Waals surface area contributed by atoms with Crippen molar-refractivity contribution in [3.8, 4) is 5.75 Å². The lowest BCUT2D eigenvalue weighted by atomic mass is 10.1. The van der Waals surface area contributed by atoms with Gasteiger partial charge in [-0.15, -0.1) is 0 Å². The van der Waals surface area contributed by atoms with Crippen LogP contribution in [-0.2, 0) is 11.2 Å². The Morgan fingerprint density at radius 1 is 1.36 bits per heavy atom. The van der Waals surface area contributed by atoms with E-state index in [1.807, 2.05) is 0 Å². The van der Waals surface area contributed by atoms with Crippen molar-refractivity contribution in [2.75, 3.05) is 7.11 Å². The van der Waals surface area contributed by atoms with E-state index in [2.05, 4.69) is 0 Å². The molecule has 0 heterocycles. The normalized spacial score (nSPS) is 9.93. The summed E-state index contributed by atoms with van der Waals surface area (Å²) in [6.07, 6.45) is 1.91. The summed E-state index contributed by atoms with van der Waals surface area (Å²) in [4.78, 5) is 10.2. The Morgan fingerprint density at radius 3 is 2.64 bits per heavy atom. The lowest BCUT2D eigenvalue weighted by Crippen LogP contribution is -1.91. The molecule has 0 atom stereocenters. The molecule has 76 valence electrons. The molecule has 0 radical (unpaired) electrons. The van der Waals surface area contributed by atoms with Gasteiger partial charge < -0.3 is 9.53 Å². The van der Waals surface area contributed by atoms with Gasteiger partial charge in [0.25, 0.3) is 0 Å². The van der Waals surface area contributed by atoms with Crippen LogP contribution in [0.15, 0.2) is 12.1 Å². The summed E-state index contributed by atoms with van der Waals surface area (Å²) >= 11 is 11.9. The van der Waals surface area contributed by atoms with Gasteiger partial charge in [0, 0.05) is 17.5 Å². The van der Waals surface area contributed by atoms with Gasteiger partial charge >= 0.3 is 0 Å². The number of hydrogen-bond donors (Lipinski definition) is 0. The SMILES string of the molecule is COc1cc(Cl)c(CCC=O)cc1Cl. The smallest absolute Gasteiger partial charge is 0.138 e. The molecule has 0 aliphatic rings. The van der Waals surface area contributed by atoms with Crippen molar-refractivity contribution in [1.82, 2.24) is 0 Å². The van der Waals surface area contributed by atoms with Crippen molar-refractivity contribution in [1.29, 1.82) is 0 Å². The van der Waals surface area contributed by atoms with Crippen LogP contribution in [0, 0.1) is 0 Å². The number of benzene rings is 1. The molecule has 0 N–H and O–H groups in total. The van der Waals surface area contributed by atoms with Gasteiger partial charge in [0.05, 0.1) is 12.1 Å². The minimum absolute atomic E-state index is 0.447. The molecule has 0 bridgehead atoms. The van der Waals surface area contributed by atoms with E-state index in [1.54, 1.807) is 12.1 Å². The molecule has 0 aliphatic carbocycles. The predicted molar refractivity (Wildman–Crippen MR) is 57.4 cm³/mol. The second kappa shape index (κ2) is 5.23. The van der Waals surface area contributed by atoms with Crippen LogP contribution in [0.2, 0.25) is 10.0 Å². The van der Waals surface area contributed by atoms with E-state index in [1.165, 1.54) is 7.11 Å². The fourth-order valence-electron chi connectivity index (χ4n) is 1.13. The van der Waals surface area contributed by atoms with Crippen LogP contribution >= 0.6 is 23.2 Å². The molecular formula is C10H10Cl2O2. The highest BCUT2D eigenvalue weighted by Crippen LogP contribution is 2.31. The number of rotatable bonds is 4. The fourth-order valence-corrected chi connectivity index (χ4v) is 1.64. The molecule has 1 rings (SSSR count). The molecule has 2 nitrogen and oxygen atoms in total. The molecule has 1 aromatic rings. The third-order valence-electron chi connectivity index (χ3n) is 1.85. The Kier molecular flexibility index (Phi) is 4.23. The first-order chi connectivity index (χ1) is 6.69. The van der Waals surface area contributed by atoms with E-state index in [4.69, 9.17) is 27.9 Å². The summed E-state index contributed by atoms with van der Waals surface area (Å²) in [5.41, 5.74) is 0.865. The average molecular weight is 233 g/mol. The largest absolute Gasteiger partial charge is 0.495 e. The van der Waals surface area contributed by atoms with E-state index >= 15 is 0 Å².